The zero-order valence-electron chi connectivity index (χ0n) is 22.5. The van der Waals surface area contributed by atoms with Crippen LogP contribution in [0.1, 0.15) is 35.3 Å². The molecule has 0 saturated carbocycles. The summed E-state index contributed by atoms with van der Waals surface area (Å²) in [6.45, 7) is 3.32. The maximum Gasteiger partial charge on any atom is 0.337 e. The van der Waals surface area contributed by atoms with Gasteiger partial charge in [-0.25, -0.2) is 9.79 Å². The number of aliphatic imine (C=N–C) groups is 1. The Morgan fingerprint density at radius 2 is 1.65 bits per heavy atom. The van der Waals surface area contributed by atoms with Crippen LogP contribution < -0.4 is 10.6 Å². The van der Waals surface area contributed by atoms with Gasteiger partial charge in [0.05, 0.1) is 46.2 Å². The maximum atomic E-state index is 12.6. The number of nitrogens with zero attached hydrogens (tertiary/aromatic N) is 4. The number of aromatic amines is 1. The number of nitrogens with two attached hydrogens (primary N) is 1. The number of rotatable bonds is 6. The molecule has 0 fully saturated rings. The Balaban J connectivity index is 1.65. The number of aromatic nitrogens is 3. The maximum absolute atomic E-state index is 12.6. The summed E-state index contributed by atoms with van der Waals surface area (Å²) in [4.78, 5) is 42.8. The highest BCUT2D eigenvalue weighted by Crippen LogP contribution is 2.33. The first-order valence-corrected chi connectivity index (χ1v) is 12.5. The third kappa shape index (κ3) is 4.99. The molecule has 10 nitrogen and oxygen atoms in total. The van der Waals surface area contributed by atoms with Crippen molar-refractivity contribution < 1.29 is 19.4 Å². The summed E-state index contributed by atoms with van der Waals surface area (Å²) in [5.41, 5.74) is 10.1. The number of amides is 1. The number of esters is 1. The molecule has 0 radical (unpaired) electrons. The second-order valence-corrected chi connectivity index (χ2v) is 9.92. The summed E-state index contributed by atoms with van der Waals surface area (Å²) in [5.74, 6) is -0.819. The van der Waals surface area contributed by atoms with Crippen LogP contribution in [-0.2, 0) is 9.53 Å². The second-order valence-electron chi connectivity index (χ2n) is 9.92. The van der Waals surface area contributed by atoms with Gasteiger partial charge in [0.1, 0.15) is 0 Å². The lowest BCUT2D eigenvalue weighted by Gasteiger charge is -2.25. The predicted molar refractivity (Wildman–Crippen MR) is 154 cm³/mol. The first-order valence-electron chi connectivity index (χ1n) is 12.5. The van der Waals surface area contributed by atoms with Crippen molar-refractivity contribution >= 4 is 50.9 Å². The number of aromatic hydroxyl groups is 1. The Hall–Kier alpha value is -5.09. The number of carbonyl (C=O) groups excluding carboxylic acids is 2. The van der Waals surface area contributed by atoms with E-state index >= 15 is 0 Å². The van der Waals surface area contributed by atoms with Crippen LogP contribution in [0, 0.1) is 0 Å². The Morgan fingerprint density at radius 1 is 0.975 bits per heavy atom. The van der Waals surface area contributed by atoms with Crippen molar-refractivity contribution in [3.63, 3.8) is 0 Å². The van der Waals surface area contributed by atoms with Gasteiger partial charge in [-0.2, -0.15) is 0 Å². The molecule has 0 saturated heterocycles. The van der Waals surface area contributed by atoms with Crippen LogP contribution in [0.25, 0.3) is 21.9 Å². The van der Waals surface area contributed by atoms with Crippen molar-refractivity contribution in [2.24, 2.45) is 10.7 Å². The monoisotopic (exact) mass is 536 g/mol. The van der Waals surface area contributed by atoms with E-state index in [9.17, 15) is 14.7 Å². The molecule has 5 aromatic rings. The Kier molecular flexibility index (Phi) is 6.78. The van der Waals surface area contributed by atoms with Gasteiger partial charge in [0.25, 0.3) is 0 Å². The molecule has 0 unspecified atom stereocenters. The van der Waals surface area contributed by atoms with E-state index in [2.05, 4.69) is 15.0 Å². The molecule has 5 rings (SSSR count). The second kappa shape index (κ2) is 10.2. The predicted octanol–water partition coefficient (Wildman–Crippen LogP) is 4.47. The Labute approximate surface area is 230 Å². The number of likely N-dealkylation sites (N-methyl/N-ethyl adjacent to an activating group) is 1. The first kappa shape index (κ1) is 26.5. The number of anilines is 1. The molecule has 1 amide bonds. The van der Waals surface area contributed by atoms with Crippen molar-refractivity contribution in [3.05, 3.63) is 89.7 Å². The number of hydrogen-bond donors (Lipinski definition) is 3. The molecule has 4 N–H and O–H groups in total. The van der Waals surface area contributed by atoms with Gasteiger partial charge in [0.15, 0.2) is 5.88 Å². The van der Waals surface area contributed by atoms with E-state index in [1.165, 1.54) is 12.0 Å². The highest BCUT2D eigenvalue weighted by molar-refractivity contribution is 6.22. The topological polar surface area (TPSA) is 147 Å². The van der Waals surface area contributed by atoms with E-state index in [0.29, 0.717) is 50.2 Å². The third-order valence-corrected chi connectivity index (χ3v) is 6.51. The molecule has 0 spiro atoms. The molecule has 0 aliphatic heterocycles. The fraction of sp³-hybridized carbons (Fsp3) is 0.167. The first-order chi connectivity index (χ1) is 19.1. The largest absolute Gasteiger partial charge is 0.494 e. The summed E-state index contributed by atoms with van der Waals surface area (Å²) in [5, 5.41) is 11.7. The lowest BCUT2D eigenvalue weighted by Crippen LogP contribution is -2.49. The Bertz CT molecular complexity index is 1780. The highest BCUT2D eigenvalue weighted by atomic mass is 16.5. The number of nitrogens with one attached hydrogen (secondary N) is 1. The molecule has 3 aromatic carbocycles. The number of methoxy groups -OCH3 is 1. The number of ether oxygens (including phenoxy) is 1. The molecular formula is C30H28N6O4. The molecule has 2 heterocycles. The summed E-state index contributed by atoms with van der Waals surface area (Å²) < 4.78 is 4.84. The molecule has 10 heteroatoms. The fourth-order valence-corrected chi connectivity index (χ4v) is 4.47. The van der Waals surface area contributed by atoms with Gasteiger partial charge in [-0.3, -0.25) is 14.8 Å². The van der Waals surface area contributed by atoms with Gasteiger partial charge in [-0.1, -0.05) is 12.1 Å². The molecule has 40 heavy (non-hydrogen) atoms. The molecule has 202 valence electrons. The van der Waals surface area contributed by atoms with E-state index in [1.54, 1.807) is 75.8 Å². The smallest absolute Gasteiger partial charge is 0.337 e. The van der Waals surface area contributed by atoms with Crippen LogP contribution >= 0.6 is 0 Å². The van der Waals surface area contributed by atoms with Crippen LogP contribution in [0.15, 0.2) is 78.0 Å². The van der Waals surface area contributed by atoms with Crippen molar-refractivity contribution in [2.75, 3.05) is 19.1 Å². The van der Waals surface area contributed by atoms with E-state index in [4.69, 9.17) is 15.5 Å². The fourth-order valence-electron chi connectivity index (χ4n) is 4.47. The summed E-state index contributed by atoms with van der Waals surface area (Å²) in [6.07, 6.45) is 3.23. The zero-order chi connectivity index (χ0) is 28.6. The van der Waals surface area contributed by atoms with Gasteiger partial charge in [-0.15, -0.1) is 0 Å². The average molecular weight is 537 g/mol. The van der Waals surface area contributed by atoms with E-state index < -0.39 is 11.5 Å². The van der Waals surface area contributed by atoms with Gasteiger partial charge in [-0.05, 0) is 62.4 Å². The molecule has 0 aliphatic rings. The molecule has 0 atom stereocenters. The minimum Gasteiger partial charge on any atom is -0.494 e. The zero-order valence-corrected chi connectivity index (χ0v) is 22.5. The van der Waals surface area contributed by atoms with Crippen molar-refractivity contribution in [1.29, 1.82) is 0 Å². The quantitative estimate of drug-likeness (QED) is 0.214. The lowest BCUT2D eigenvalue weighted by molar-refractivity contribution is -0.122. The van der Waals surface area contributed by atoms with Crippen LogP contribution in [-0.4, -0.2) is 57.3 Å². The minimum absolute atomic E-state index is 0.109. The molecular weight excluding hydrogens is 508 g/mol. The number of benzene rings is 3. The van der Waals surface area contributed by atoms with Gasteiger partial charge >= 0.3 is 5.97 Å². The van der Waals surface area contributed by atoms with Crippen LogP contribution in [0.4, 0.5) is 11.4 Å². The molecule has 0 bridgehead atoms. The van der Waals surface area contributed by atoms with E-state index in [-0.39, 0.29) is 11.8 Å². The van der Waals surface area contributed by atoms with Crippen LogP contribution in [0.5, 0.6) is 5.88 Å². The molecule has 0 aliphatic carbocycles. The van der Waals surface area contributed by atoms with Gasteiger partial charge in [0.2, 0.25) is 5.91 Å². The number of hydrogen-bond acceptors (Lipinski definition) is 8. The number of carbonyl (C=O) groups is 2. The van der Waals surface area contributed by atoms with E-state index in [0.717, 1.165) is 5.52 Å². The van der Waals surface area contributed by atoms with Gasteiger partial charge in [0, 0.05) is 41.6 Å². The SMILES string of the molecule is COC(=O)c1ccc2c(C(=Nc3ccc(N(C)C(=O)C(C)(C)N)cc3)c3ccc4nccnc4c3)c(O)[nH]c2c1. The lowest BCUT2D eigenvalue weighted by atomic mass is 9.99. The van der Waals surface area contributed by atoms with E-state index in [1.807, 2.05) is 18.2 Å². The van der Waals surface area contributed by atoms with Crippen molar-refractivity contribution in [2.45, 2.75) is 19.4 Å². The minimum atomic E-state index is -1.02. The summed E-state index contributed by atoms with van der Waals surface area (Å²) in [7, 11) is 2.98. The van der Waals surface area contributed by atoms with Crippen molar-refractivity contribution in [1.82, 2.24) is 15.0 Å². The standard InChI is InChI=1S/C30H28N6O4/c1-30(2,31)29(39)36(3)20-9-7-19(8-10-20)34-26(17-6-12-22-24(15-17)33-14-13-32-22)25-21-11-5-18(28(38)40-4)16-23(21)35-27(25)37/h5-16,35,37H,31H2,1-4H3. The summed E-state index contributed by atoms with van der Waals surface area (Å²) in [6, 6.07) is 17.7. The highest BCUT2D eigenvalue weighted by Gasteiger charge is 2.26. The number of H-pyrrole nitrogens is 1. The normalized spacial score (nSPS) is 12.1. The summed E-state index contributed by atoms with van der Waals surface area (Å²) >= 11 is 0. The van der Waals surface area contributed by atoms with Gasteiger partial charge < -0.3 is 25.5 Å². The van der Waals surface area contributed by atoms with Crippen molar-refractivity contribution in [3.8, 4) is 5.88 Å². The van der Waals surface area contributed by atoms with Crippen LogP contribution in [0.3, 0.4) is 0 Å². The third-order valence-electron chi connectivity index (χ3n) is 6.51. The van der Waals surface area contributed by atoms with Crippen LogP contribution in [0.2, 0.25) is 0 Å². The molecule has 2 aromatic heterocycles. The number of fused-ring (bicyclic) bond motifs is 2. The Morgan fingerprint density at radius 3 is 2.33 bits per heavy atom. The average Bonchev–Trinajstić information content (AvgIpc) is 3.28.